The van der Waals surface area contributed by atoms with Gasteiger partial charge in [-0.15, -0.1) is 0 Å². The van der Waals surface area contributed by atoms with Crippen molar-refractivity contribution in [3.05, 3.63) is 22.7 Å². The van der Waals surface area contributed by atoms with Gasteiger partial charge in [-0.1, -0.05) is 32.4 Å². The zero-order valence-electron chi connectivity index (χ0n) is 12.5. The standard InChI is InChI=1S/C15H22ClNO3/c1-5-6-17-15(18)11-7-12(16)14(13(8-11)19-4)20-9-10(2)3/h7-8,10H,5-6,9H2,1-4H3,(H,17,18). The van der Waals surface area contributed by atoms with Crippen LogP contribution in [-0.2, 0) is 0 Å². The average Bonchev–Trinajstić information content (AvgIpc) is 2.42. The van der Waals surface area contributed by atoms with Crippen LogP contribution in [0.4, 0.5) is 0 Å². The van der Waals surface area contributed by atoms with Gasteiger partial charge in [0.1, 0.15) is 0 Å². The molecule has 0 heterocycles. The number of ether oxygens (including phenoxy) is 2. The van der Waals surface area contributed by atoms with Gasteiger partial charge in [0.15, 0.2) is 11.5 Å². The van der Waals surface area contributed by atoms with Crippen LogP contribution in [0.25, 0.3) is 0 Å². The van der Waals surface area contributed by atoms with E-state index in [-0.39, 0.29) is 5.91 Å². The molecule has 112 valence electrons. The highest BCUT2D eigenvalue weighted by Crippen LogP contribution is 2.36. The zero-order chi connectivity index (χ0) is 15.1. The molecule has 0 saturated heterocycles. The number of carbonyl (C=O) groups is 1. The Hall–Kier alpha value is -1.42. The molecular weight excluding hydrogens is 278 g/mol. The van der Waals surface area contributed by atoms with E-state index in [1.54, 1.807) is 12.1 Å². The van der Waals surface area contributed by atoms with Crippen molar-refractivity contribution in [1.82, 2.24) is 5.32 Å². The first-order chi connectivity index (χ1) is 9.49. The topological polar surface area (TPSA) is 47.6 Å². The van der Waals surface area contributed by atoms with Crippen molar-refractivity contribution in [2.45, 2.75) is 27.2 Å². The maximum absolute atomic E-state index is 11.9. The van der Waals surface area contributed by atoms with Crippen LogP contribution in [0.15, 0.2) is 12.1 Å². The Bertz CT molecular complexity index is 461. The lowest BCUT2D eigenvalue weighted by molar-refractivity contribution is 0.0953. The van der Waals surface area contributed by atoms with Gasteiger partial charge in [0.25, 0.3) is 5.91 Å². The highest BCUT2D eigenvalue weighted by molar-refractivity contribution is 6.32. The summed E-state index contributed by atoms with van der Waals surface area (Å²) < 4.78 is 10.9. The molecule has 0 aliphatic heterocycles. The first kappa shape index (κ1) is 16.6. The van der Waals surface area contributed by atoms with Crippen LogP contribution in [0.5, 0.6) is 11.5 Å². The molecule has 20 heavy (non-hydrogen) atoms. The van der Waals surface area contributed by atoms with Crippen LogP contribution in [-0.4, -0.2) is 26.2 Å². The molecule has 0 aliphatic carbocycles. The van der Waals surface area contributed by atoms with Crippen LogP contribution in [0, 0.1) is 5.92 Å². The molecule has 1 amide bonds. The van der Waals surface area contributed by atoms with Crippen LogP contribution in [0.1, 0.15) is 37.6 Å². The Labute approximate surface area is 125 Å². The minimum atomic E-state index is -0.164. The highest BCUT2D eigenvalue weighted by Gasteiger charge is 2.16. The molecule has 5 heteroatoms. The molecule has 0 bridgehead atoms. The number of benzene rings is 1. The van der Waals surface area contributed by atoms with Gasteiger partial charge in [0.2, 0.25) is 0 Å². The SMILES string of the molecule is CCCNC(=O)c1cc(Cl)c(OCC(C)C)c(OC)c1. The van der Waals surface area contributed by atoms with Crippen molar-refractivity contribution >= 4 is 17.5 Å². The third kappa shape index (κ3) is 4.60. The van der Waals surface area contributed by atoms with Crippen molar-refractivity contribution in [3.63, 3.8) is 0 Å². The summed E-state index contributed by atoms with van der Waals surface area (Å²) >= 11 is 6.19. The number of carbonyl (C=O) groups excluding carboxylic acids is 1. The van der Waals surface area contributed by atoms with Gasteiger partial charge in [-0.05, 0) is 24.5 Å². The lowest BCUT2D eigenvalue weighted by Gasteiger charge is -2.15. The van der Waals surface area contributed by atoms with Gasteiger partial charge in [-0.3, -0.25) is 4.79 Å². The number of rotatable bonds is 7. The second kappa shape index (κ2) is 8.00. The molecule has 0 fully saturated rings. The van der Waals surface area contributed by atoms with E-state index < -0.39 is 0 Å². The summed E-state index contributed by atoms with van der Waals surface area (Å²) in [5.41, 5.74) is 0.470. The van der Waals surface area contributed by atoms with Gasteiger partial charge < -0.3 is 14.8 Å². The molecule has 1 N–H and O–H groups in total. The predicted molar refractivity (Wildman–Crippen MR) is 81.0 cm³/mol. The normalized spacial score (nSPS) is 10.5. The molecule has 1 rings (SSSR count). The molecule has 0 aliphatic rings. The van der Waals surface area contributed by atoms with Gasteiger partial charge in [-0.2, -0.15) is 0 Å². The van der Waals surface area contributed by atoms with Gasteiger partial charge in [-0.25, -0.2) is 0 Å². The number of hydrogen-bond donors (Lipinski definition) is 1. The van der Waals surface area contributed by atoms with Gasteiger partial charge >= 0.3 is 0 Å². The summed E-state index contributed by atoms with van der Waals surface area (Å²) in [7, 11) is 1.53. The summed E-state index contributed by atoms with van der Waals surface area (Å²) in [6.07, 6.45) is 0.881. The fourth-order valence-corrected chi connectivity index (χ4v) is 1.85. The lowest BCUT2D eigenvalue weighted by atomic mass is 10.1. The molecule has 0 spiro atoms. The van der Waals surface area contributed by atoms with E-state index >= 15 is 0 Å². The first-order valence-corrected chi connectivity index (χ1v) is 7.15. The van der Waals surface area contributed by atoms with Crippen molar-refractivity contribution in [1.29, 1.82) is 0 Å². The molecule has 0 unspecified atom stereocenters. The van der Waals surface area contributed by atoms with Crippen molar-refractivity contribution in [3.8, 4) is 11.5 Å². The smallest absolute Gasteiger partial charge is 0.251 e. The molecule has 0 radical (unpaired) electrons. The quantitative estimate of drug-likeness (QED) is 0.838. The summed E-state index contributed by atoms with van der Waals surface area (Å²) in [6, 6.07) is 3.25. The molecule has 0 saturated carbocycles. The monoisotopic (exact) mass is 299 g/mol. The Morgan fingerprint density at radius 3 is 2.65 bits per heavy atom. The Morgan fingerprint density at radius 1 is 1.40 bits per heavy atom. The van der Waals surface area contributed by atoms with E-state index in [0.717, 1.165) is 6.42 Å². The van der Waals surface area contributed by atoms with Gasteiger partial charge in [0.05, 0.1) is 18.7 Å². The van der Waals surface area contributed by atoms with E-state index in [0.29, 0.717) is 41.2 Å². The lowest BCUT2D eigenvalue weighted by Crippen LogP contribution is -2.24. The van der Waals surface area contributed by atoms with E-state index in [1.807, 2.05) is 20.8 Å². The predicted octanol–water partition coefficient (Wildman–Crippen LogP) is 3.52. The summed E-state index contributed by atoms with van der Waals surface area (Å²) in [5, 5.41) is 3.18. The largest absolute Gasteiger partial charge is 0.493 e. The molecule has 0 atom stereocenters. The molecular formula is C15H22ClNO3. The minimum absolute atomic E-state index is 0.164. The summed E-state index contributed by atoms with van der Waals surface area (Å²) in [6.45, 7) is 7.26. The average molecular weight is 300 g/mol. The third-order valence-corrected chi connectivity index (χ3v) is 2.87. The molecule has 4 nitrogen and oxygen atoms in total. The fourth-order valence-electron chi connectivity index (χ4n) is 1.58. The Balaban J connectivity index is 2.97. The Kier molecular flexibility index (Phi) is 6.65. The number of methoxy groups -OCH3 is 1. The number of amides is 1. The number of halogens is 1. The van der Waals surface area contributed by atoms with E-state index in [4.69, 9.17) is 21.1 Å². The van der Waals surface area contributed by atoms with Crippen LogP contribution in [0.2, 0.25) is 5.02 Å². The first-order valence-electron chi connectivity index (χ1n) is 6.78. The molecule has 1 aromatic carbocycles. The van der Waals surface area contributed by atoms with E-state index in [2.05, 4.69) is 5.32 Å². The second-order valence-corrected chi connectivity index (χ2v) is 5.36. The number of nitrogens with one attached hydrogen (secondary N) is 1. The van der Waals surface area contributed by atoms with Crippen molar-refractivity contribution in [2.24, 2.45) is 5.92 Å². The summed E-state index contributed by atoms with van der Waals surface area (Å²) in [4.78, 5) is 11.9. The fraction of sp³-hybridized carbons (Fsp3) is 0.533. The summed E-state index contributed by atoms with van der Waals surface area (Å²) in [5.74, 6) is 1.17. The van der Waals surface area contributed by atoms with E-state index in [9.17, 15) is 4.79 Å². The Morgan fingerprint density at radius 2 is 2.10 bits per heavy atom. The van der Waals surface area contributed by atoms with Crippen LogP contribution >= 0.6 is 11.6 Å². The van der Waals surface area contributed by atoms with Crippen LogP contribution in [0.3, 0.4) is 0 Å². The van der Waals surface area contributed by atoms with Gasteiger partial charge in [0, 0.05) is 12.1 Å². The van der Waals surface area contributed by atoms with E-state index in [1.165, 1.54) is 7.11 Å². The highest BCUT2D eigenvalue weighted by atomic mass is 35.5. The third-order valence-electron chi connectivity index (χ3n) is 2.59. The maximum atomic E-state index is 11.9. The second-order valence-electron chi connectivity index (χ2n) is 4.95. The number of hydrogen-bond acceptors (Lipinski definition) is 3. The molecule has 1 aromatic rings. The maximum Gasteiger partial charge on any atom is 0.251 e. The molecule has 0 aromatic heterocycles. The minimum Gasteiger partial charge on any atom is -0.493 e. The zero-order valence-corrected chi connectivity index (χ0v) is 13.2. The van der Waals surface area contributed by atoms with Crippen molar-refractivity contribution < 1.29 is 14.3 Å². The van der Waals surface area contributed by atoms with Crippen LogP contribution < -0.4 is 14.8 Å². The van der Waals surface area contributed by atoms with Crippen molar-refractivity contribution in [2.75, 3.05) is 20.3 Å².